The number of fused-ring (bicyclic) bond motifs is 1. The fraction of sp³-hybridized carbons (Fsp3) is 0.484. The molecule has 0 saturated heterocycles. The van der Waals surface area contributed by atoms with E-state index in [1.54, 1.807) is 34.9 Å². The van der Waals surface area contributed by atoms with E-state index in [9.17, 15) is 14.9 Å². The Morgan fingerprint density at radius 2 is 1.71 bits per heavy atom. The number of unbranched alkanes of at least 4 members (excludes halogenated alkanes) is 6. The molecule has 1 heterocycles. The van der Waals surface area contributed by atoms with Gasteiger partial charge in [0.1, 0.15) is 5.82 Å². The number of likely N-dealkylation sites (N-methyl/N-ethyl adjacent to an activating group) is 1. The summed E-state index contributed by atoms with van der Waals surface area (Å²) in [5.74, 6) is 0.572. The molecule has 1 amide bonds. The van der Waals surface area contributed by atoms with Crippen LogP contribution in [0.4, 0.5) is 0 Å². The molecule has 1 unspecified atom stereocenters. The number of nitrogens with zero attached hydrogens (tertiary/aromatic N) is 5. The van der Waals surface area contributed by atoms with Crippen LogP contribution < -0.4 is 5.56 Å². The highest BCUT2D eigenvalue weighted by Gasteiger charge is 2.26. The second-order valence-electron chi connectivity index (χ2n) is 10.2. The first kappa shape index (κ1) is 29.1. The molecule has 0 N–H and O–H groups in total. The summed E-state index contributed by atoms with van der Waals surface area (Å²) < 4.78 is 1.57. The Kier molecular flexibility index (Phi) is 11.0. The highest BCUT2D eigenvalue weighted by molar-refractivity contribution is 5.79. The van der Waals surface area contributed by atoms with Gasteiger partial charge in [-0.15, -0.1) is 0 Å². The van der Waals surface area contributed by atoms with E-state index in [1.165, 1.54) is 25.7 Å². The smallest absolute Gasteiger partial charge is 0.266 e. The van der Waals surface area contributed by atoms with E-state index >= 15 is 0 Å². The number of hydrogen-bond acceptors (Lipinski definition) is 5. The largest absolute Gasteiger partial charge is 0.331 e. The SMILES string of the molecule is CCCCCCCCCC(=O)N(CCN(C)C)C(C)c1nc2ccccc2c(=O)n1-c1cccc(C#N)c1. The van der Waals surface area contributed by atoms with Gasteiger partial charge < -0.3 is 9.80 Å². The Balaban J connectivity index is 1.96. The van der Waals surface area contributed by atoms with Crippen molar-refractivity contribution in [2.75, 3.05) is 27.2 Å². The minimum absolute atomic E-state index is 0.0765. The normalized spacial score (nSPS) is 12.0. The predicted octanol–water partition coefficient (Wildman–Crippen LogP) is 5.85. The summed E-state index contributed by atoms with van der Waals surface area (Å²) in [6.07, 6.45) is 8.52. The van der Waals surface area contributed by atoms with E-state index < -0.39 is 6.04 Å². The molecule has 0 aliphatic heterocycles. The zero-order chi connectivity index (χ0) is 27.5. The molecule has 1 atom stereocenters. The average Bonchev–Trinajstić information content (AvgIpc) is 2.92. The maximum Gasteiger partial charge on any atom is 0.266 e. The summed E-state index contributed by atoms with van der Waals surface area (Å²) in [6.45, 7) is 5.39. The van der Waals surface area contributed by atoms with Crippen LogP contribution in [0.15, 0.2) is 53.3 Å². The van der Waals surface area contributed by atoms with Crippen LogP contribution in [0.5, 0.6) is 0 Å². The van der Waals surface area contributed by atoms with Crippen molar-refractivity contribution in [3.05, 3.63) is 70.3 Å². The number of carbonyl (C=O) groups excluding carboxylic acids is 1. The van der Waals surface area contributed by atoms with Crippen LogP contribution in [0.25, 0.3) is 16.6 Å². The molecule has 0 aliphatic rings. The molecular formula is C31H41N5O2. The fourth-order valence-corrected chi connectivity index (χ4v) is 4.75. The summed E-state index contributed by atoms with van der Waals surface area (Å²) >= 11 is 0. The van der Waals surface area contributed by atoms with Gasteiger partial charge in [-0.2, -0.15) is 5.26 Å². The lowest BCUT2D eigenvalue weighted by Gasteiger charge is -2.31. The summed E-state index contributed by atoms with van der Waals surface area (Å²) in [7, 11) is 3.97. The number of hydrogen-bond donors (Lipinski definition) is 0. The van der Waals surface area contributed by atoms with E-state index in [-0.39, 0.29) is 11.5 Å². The first-order valence-electron chi connectivity index (χ1n) is 13.8. The fourth-order valence-electron chi connectivity index (χ4n) is 4.75. The highest BCUT2D eigenvalue weighted by Crippen LogP contribution is 2.24. The lowest BCUT2D eigenvalue weighted by atomic mass is 10.1. The van der Waals surface area contributed by atoms with Crippen LogP contribution >= 0.6 is 0 Å². The van der Waals surface area contributed by atoms with Gasteiger partial charge in [-0.05, 0) is 57.8 Å². The number of amides is 1. The van der Waals surface area contributed by atoms with Gasteiger partial charge in [0.15, 0.2) is 0 Å². The maximum atomic E-state index is 13.8. The maximum absolute atomic E-state index is 13.8. The molecule has 0 spiro atoms. The molecule has 7 heteroatoms. The van der Waals surface area contributed by atoms with Crippen LogP contribution in [0.1, 0.15) is 82.6 Å². The van der Waals surface area contributed by atoms with Crippen LogP contribution in [0, 0.1) is 11.3 Å². The number of benzene rings is 2. The van der Waals surface area contributed by atoms with Crippen molar-refractivity contribution in [2.24, 2.45) is 0 Å². The van der Waals surface area contributed by atoms with E-state index in [0.29, 0.717) is 47.5 Å². The van der Waals surface area contributed by atoms with Crippen molar-refractivity contribution in [1.29, 1.82) is 5.26 Å². The van der Waals surface area contributed by atoms with E-state index in [4.69, 9.17) is 4.98 Å². The average molecular weight is 516 g/mol. The molecule has 0 aliphatic carbocycles. The zero-order valence-corrected chi connectivity index (χ0v) is 23.3. The number of carbonyl (C=O) groups is 1. The molecule has 0 bridgehead atoms. The van der Waals surface area contributed by atoms with Crippen molar-refractivity contribution in [2.45, 2.75) is 71.3 Å². The van der Waals surface area contributed by atoms with Crippen LogP contribution in [0.3, 0.4) is 0 Å². The van der Waals surface area contributed by atoms with E-state index in [2.05, 4.69) is 17.9 Å². The van der Waals surface area contributed by atoms with E-state index in [1.807, 2.05) is 44.1 Å². The Labute approximate surface area is 226 Å². The summed E-state index contributed by atoms with van der Waals surface area (Å²) in [6, 6.07) is 16.0. The lowest BCUT2D eigenvalue weighted by Crippen LogP contribution is -2.40. The number of para-hydroxylation sites is 1. The second-order valence-corrected chi connectivity index (χ2v) is 10.2. The number of aromatic nitrogens is 2. The van der Waals surface area contributed by atoms with Crippen LogP contribution in [-0.4, -0.2) is 52.4 Å². The Bertz CT molecular complexity index is 1310. The molecule has 0 saturated carbocycles. The number of nitriles is 1. The molecule has 1 aromatic heterocycles. The van der Waals surface area contributed by atoms with Crippen molar-refractivity contribution in [3.8, 4) is 11.8 Å². The zero-order valence-electron chi connectivity index (χ0n) is 23.3. The Hall–Kier alpha value is -3.50. The van der Waals surface area contributed by atoms with Crippen molar-refractivity contribution in [3.63, 3.8) is 0 Å². The third-order valence-corrected chi connectivity index (χ3v) is 6.98. The quantitative estimate of drug-likeness (QED) is 0.252. The van der Waals surface area contributed by atoms with Gasteiger partial charge in [-0.3, -0.25) is 14.2 Å². The van der Waals surface area contributed by atoms with Gasteiger partial charge in [0, 0.05) is 19.5 Å². The predicted molar refractivity (Wildman–Crippen MR) is 153 cm³/mol. The first-order valence-corrected chi connectivity index (χ1v) is 13.8. The Morgan fingerprint density at radius 1 is 1.00 bits per heavy atom. The van der Waals surface area contributed by atoms with Crippen molar-refractivity contribution < 1.29 is 4.79 Å². The molecule has 0 fully saturated rings. The molecule has 38 heavy (non-hydrogen) atoms. The van der Waals surface area contributed by atoms with Crippen LogP contribution in [0.2, 0.25) is 0 Å². The van der Waals surface area contributed by atoms with Crippen molar-refractivity contribution in [1.82, 2.24) is 19.4 Å². The topological polar surface area (TPSA) is 82.2 Å². The highest BCUT2D eigenvalue weighted by atomic mass is 16.2. The minimum atomic E-state index is -0.435. The third-order valence-electron chi connectivity index (χ3n) is 6.98. The van der Waals surface area contributed by atoms with Gasteiger partial charge in [-0.1, -0.05) is 63.6 Å². The molecule has 0 radical (unpaired) electrons. The molecular weight excluding hydrogens is 474 g/mol. The van der Waals surface area contributed by atoms with Gasteiger partial charge in [-0.25, -0.2) is 4.98 Å². The summed E-state index contributed by atoms with van der Waals surface area (Å²) in [4.78, 5) is 36.1. The molecule has 2 aromatic carbocycles. The van der Waals surface area contributed by atoms with Gasteiger partial charge in [0.05, 0.1) is 34.3 Å². The second kappa shape index (κ2) is 14.4. The first-order chi connectivity index (χ1) is 18.4. The Morgan fingerprint density at radius 3 is 2.42 bits per heavy atom. The van der Waals surface area contributed by atoms with Gasteiger partial charge in [0.2, 0.25) is 5.91 Å². The van der Waals surface area contributed by atoms with Gasteiger partial charge >= 0.3 is 0 Å². The standard InChI is InChI=1S/C31H41N5O2/c1-5-6-7-8-9-10-11-19-29(37)35(21-20-34(3)4)24(2)30-33-28-18-13-12-17-27(28)31(38)36(30)26-16-14-15-25(22-26)23-32/h12-18,22,24H,5-11,19-21H2,1-4H3. The molecule has 7 nitrogen and oxygen atoms in total. The monoisotopic (exact) mass is 515 g/mol. The molecule has 3 aromatic rings. The lowest BCUT2D eigenvalue weighted by molar-refractivity contribution is -0.133. The van der Waals surface area contributed by atoms with Crippen molar-refractivity contribution >= 4 is 16.8 Å². The number of rotatable bonds is 14. The summed E-state index contributed by atoms with van der Waals surface area (Å²) in [5.41, 5.74) is 1.42. The molecule has 3 rings (SSSR count). The third kappa shape index (κ3) is 7.52. The summed E-state index contributed by atoms with van der Waals surface area (Å²) in [5, 5.41) is 9.96. The van der Waals surface area contributed by atoms with E-state index in [0.717, 1.165) is 19.3 Å². The van der Waals surface area contributed by atoms with Crippen LogP contribution in [-0.2, 0) is 4.79 Å². The molecule has 202 valence electrons. The minimum Gasteiger partial charge on any atom is -0.331 e. The van der Waals surface area contributed by atoms with Gasteiger partial charge in [0.25, 0.3) is 5.56 Å².